The highest BCUT2D eigenvalue weighted by atomic mass is 16.2. The quantitative estimate of drug-likeness (QED) is 0.939. The van der Waals surface area contributed by atoms with E-state index in [0.717, 1.165) is 18.7 Å². The number of nitrogens with zero attached hydrogens (tertiary/aromatic N) is 2. The van der Waals surface area contributed by atoms with Crippen LogP contribution < -0.4 is 15.8 Å². The van der Waals surface area contributed by atoms with Crippen molar-refractivity contribution in [2.45, 2.75) is 12.8 Å². The molecule has 1 saturated heterocycles. The molecule has 0 radical (unpaired) electrons. The summed E-state index contributed by atoms with van der Waals surface area (Å²) in [5, 5.41) is 2.74. The summed E-state index contributed by atoms with van der Waals surface area (Å²) >= 11 is 0. The first-order valence-electron chi connectivity index (χ1n) is 7.43. The van der Waals surface area contributed by atoms with Crippen LogP contribution in [0.1, 0.15) is 23.2 Å². The Balaban J connectivity index is 1.72. The summed E-state index contributed by atoms with van der Waals surface area (Å²) in [7, 11) is 1.63. The lowest BCUT2D eigenvalue weighted by atomic mass is 10.2. The van der Waals surface area contributed by atoms with Gasteiger partial charge in [0.05, 0.1) is 0 Å². The SMILES string of the molecule is Cn1ccc(C(=O)Nc2ccc(N3CCCC3=O)cc2)cc1=O. The molecule has 3 rings (SSSR count). The van der Waals surface area contributed by atoms with Gasteiger partial charge in [-0.05, 0) is 36.8 Å². The van der Waals surface area contributed by atoms with Crippen LogP contribution in [0.5, 0.6) is 0 Å². The molecule has 0 saturated carbocycles. The predicted molar refractivity (Wildman–Crippen MR) is 87.7 cm³/mol. The van der Waals surface area contributed by atoms with E-state index in [2.05, 4.69) is 5.32 Å². The fraction of sp³-hybridized carbons (Fsp3) is 0.235. The van der Waals surface area contributed by atoms with Crippen molar-refractivity contribution in [1.29, 1.82) is 0 Å². The van der Waals surface area contributed by atoms with Gasteiger partial charge in [-0.2, -0.15) is 0 Å². The van der Waals surface area contributed by atoms with Crippen molar-refractivity contribution in [3.05, 3.63) is 58.5 Å². The van der Waals surface area contributed by atoms with Crippen LogP contribution in [0.3, 0.4) is 0 Å². The van der Waals surface area contributed by atoms with Crippen molar-refractivity contribution in [3.8, 4) is 0 Å². The Morgan fingerprint density at radius 2 is 1.87 bits per heavy atom. The molecule has 1 aromatic carbocycles. The Morgan fingerprint density at radius 3 is 2.48 bits per heavy atom. The highest BCUT2D eigenvalue weighted by Gasteiger charge is 2.21. The van der Waals surface area contributed by atoms with Gasteiger partial charge in [0.1, 0.15) is 0 Å². The molecule has 1 aliphatic heterocycles. The highest BCUT2D eigenvalue weighted by Crippen LogP contribution is 2.23. The second-order valence-electron chi connectivity index (χ2n) is 5.51. The zero-order valence-electron chi connectivity index (χ0n) is 12.8. The van der Waals surface area contributed by atoms with E-state index in [0.29, 0.717) is 17.7 Å². The number of aromatic nitrogens is 1. The number of hydrogen-bond donors (Lipinski definition) is 1. The standard InChI is InChI=1S/C17H17N3O3/c1-19-10-8-12(11-16(19)22)17(23)18-13-4-6-14(7-5-13)20-9-2-3-15(20)21/h4-8,10-11H,2-3,9H2,1H3,(H,18,23). The van der Waals surface area contributed by atoms with Gasteiger partial charge in [-0.25, -0.2) is 0 Å². The van der Waals surface area contributed by atoms with Crippen molar-refractivity contribution in [2.75, 3.05) is 16.8 Å². The van der Waals surface area contributed by atoms with E-state index >= 15 is 0 Å². The van der Waals surface area contributed by atoms with E-state index in [1.807, 2.05) is 12.1 Å². The molecule has 6 heteroatoms. The zero-order valence-corrected chi connectivity index (χ0v) is 12.8. The molecule has 2 heterocycles. The molecule has 1 aromatic heterocycles. The van der Waals surface area contributed by atoms with Crippen molar-refractivity contribution in [3.63, 3.8) is 0 Å². The van der Waals surface area contributed by atoms with Gasteiger partial charge in [-0.15, -0.1) is 0 Å². The fourth-order valence-electron chi connectivity index (χ4n) is 2.54. The molecular weight excluding hydrogens is 294 g/mol. The topological polar surface area (TPSA) is 71.4 Å². The monoisotopic (exact) mass is 311 g/mol. The fourth-order valence-corrected chi connectivity index (χ4v) is 2.54. The molecule has 0 bridgehead atoms. The van der Waals surface area contributed by atoms with E-state index in [-0.39, 0.29) is 17.4 Å². The van der Waals surface area contributed by atoms with Crippen molar-refractivity contribution >= 4 is 23.2 Å². The average molecular weight is 311 g/mol. The van der Waals surface area contributed by atoms with Crippen LogP contribution in [0.15, 0.2) is 47.4 Å². The van der Waals surface area contributed by atoms with Crippen LogP contribution >= 0.6 is 0 Å². The Bertz CT molecular complexity index is 809. The first-order chi connectivity index (χ1) is 11.0. The molecule has 6 nitrogen and oxygen atoms in total. The molecular formula is C17H17N3O3. The molecule has 2 amide bonds. The normalized spacial score (nSPS) is 14.1. The molecule has 0 atom stereocenters. The number of nitrogens with one attached hydrogen (secondary N) is 1. The second kappa shape index (κ2) is 6.08. The average Bonchev–Trinajstić information content (AvgIpc) is 2.97. The van der Waals surface area contributed by atoms with E-state index < -0.39 is 0 Å². The maximum absolute atomic E-state index is 12.1. The smallest absolute Gasteiger partial charge is 0.255 e. The zero-order chi connectivity index (χ0) is 16.4. The first-order valence-corrected chi connectivity index (χ1v) is 7.43. The maximum Gasteiger partial charge on any atom is 0.255 e. The van der Waals surface area contributed by atoms with E-state index in [1.165, 1.54) is 10.6 Å². The Labute approximate surface area is 133 Å². The maximum atomic E-state index is 12.1. The number of hydrogen-bond acceptors (Lipinski definition) is 3. The van der Waals surface area contributed by atoms with E-state index in [1.54, 1.807) is 36.3 Å². The molecule has 1 N–H and O–H groups in total. The lowest BCUT2D eigenvalue weighted by Crippen LogP contribution is -2.23. The molecule has 0 spiro atoms. The van der Waals surface area contributed by atoms with Crippen LogP contribution in [0.25, 0.3) is 0 Å². The van der Waals surface area contributed by atoms with Crippen molar-refractivity contribution in [2.24, 2.45) is 7.05 Å². The Kier molecular flexibility index (Phi) is 3.97. The van der Waals surface area contributed by atoms with Gasteiger partial charge in [0.15, 0.2) is 0 Å². The predicted octanol–water partition coefficient (Wildman–Crippen LogP) is 1.76. The second-order valence-corrected chi connectivity index (χ2v) is 5.51. The lowest BCUT2D eigenvalue weighted by Gasteiger charge is -2.16. The molecule has 0 unspecified atom stereocenters. The minimum absolute atomic E-state index is 0.127. The number of aryl methyl sites for hydroxylation is 1. The minimum atomic E-state index is -0.340. The summed E-state index contributed by atoms with van der Waals surface area (Å²) in [6.45, 7) is 0.734. The van der Waals surface area contributed by atoms with Gasteiger partial charge in [0.2, 0.25) is 5.91 Å². The van der Waals surface area contributed by atoms with Crippen LogP contribution in [-0.4, -0.2) is 22.9 Å². The van der Waals surface area contributed by atoms with Crippen LogP contribution in [0.4, 0.5) is 11.4 Å². The van der Waals surface area contributed by atoms with Gasteiger partial charge in [-0.1, -0.05) is 0 Å². The van der Waals surface area contributed by atoms with Gasteiger partial charge < -0.3 is 14.8 Å². The van der Waals surface area contributed by atoms with Gasteiger partial charge in [0, 0.05) is 49.2 Å². The molecule has 2 aromatic rings. The van der Waals surface area contributed by atoms with Crippen LogP contribution in [0, 0.1) is 0 Å². The van der Waals surface area contributed by atoms with Gasteiger partial charge in [0.25, 0.3) is 11.5 Å². The largest absolute Gasteiger partial charge is 0.322 e. The lowest BCUT2D eigenvalue weighted by molar-refractivity contribution is -0.117. The highest BCUT2D eigenvalue weighted by molar-refractivity contribution is 6.04. The van der Waals surface area contributed by atoms with E-state index in [9.17, 15) is 14.4 Å². The minimum Gasteiger partial charge on any atom is -0.322 e. The molecule has 1 fully saturated rings. The van der Waals surface area contributed by atoms with Crippen molar-refractivity contribution < 1.29 is 9.59 Å². The Morgan fingerprint density at radius 1 is 1.13 bits per heavy atom. The number of carbonyl (C=O) groups is 2. The molecule has 0 aliphatic carbocycles. The third-order valence-electron chi connectivity index (χ3n) is 3.88. The molecule has 23 heavy (non-hydrogen) atoms. The summed E-state index contributed by atoms with van der Waals surface area (Å²) in [6.07, 6.45) is 3.01. The van der Waals surface area contributed by atoms with Gasteiger partial charge >= 0.3 is 0 Å². The summed E-state index contributed by atoms with van der Waals surface area (Å²) in [5.41, 5.74) is 1.53. The third-order valence-corrected chi connectivity index (χ3v) is 3.88. The van der Waals surface area contributed by atoms with Crippen LogP contribution in [0.2, 0.25) is 0 Å². The van der Waals surface area contributed by atoms with E-state index in [4.69, 9.17) is 0 Å². The number of amides is 2. The summed E-state index contributed by atoms with van der Waals surface area (Å²) in [4.78, 5) is 37.2. The Hall–Kier alpha value is -2.89. The number of anilines is 2. The molecule has 1 aliphatic rings. The summed E-state index contributed by atoms with van der Waals surface area (Å²) < 4.78 is 1.40. The number of pyridine rings is 1. The van der Waals surface area contributed by atoms with Crippen LogP contribution in [-0.2, 0) is 11.8 Å². The number of benzene rings is 1. The van der Waals surface area contributed by atoms with Gasteiger partial charge in [-0.3, -0.25) is 14.4 Å². The van der Waals surface area contributed by atoms with Crippen molar-refractivity contribution in [1.82, 2.24) is 4.57 Å². The summed E-state index contributed by atoms with van der Waals surface area (Å²) in [5.74, 6) is -0.213. The number of rotatable bonds is 3. The summed E-state index contributed by atoms with van der Waals surface area (Å²) in [6, 6.07) is 10.0. The third kappa shape index (κ3) is 3.15. The molecule has 118 valence electrons. The number of carbonyl (C=O) groups excluding carboxylic acids is 2. The first kappa shape index (κ1) is 15.0.